The van der Waals surface area contributed by atoms with Gasteiger partial charge in [-0.2, -0.15) is 0 Å². The molecule has 19 heavy (non-hydrogen) atoms. The second-order valence-corrected chi connectivity index (χ2v) is 4.98. The van der Waals surface area contributed by atoms with Gasteiger partial charge >= 0.3 is 6.09 Å². The number of ether oxygens (including phenoxy) is 1. The van der Waals surface area contributed by atoms with Gasteiger partial charge in [0.25, 0.3) is 0 Å². The van der Waals surface area contributed by atoms with Crippen molar-refractivity contribution in [2.45, 2.75) is 32.9 Å². The topological polar surface area (TPSA) is 81.4 Å². The molecule has 0 aliphatic heterocycles. The number of benzene rings is 1. The standard InChI is InChI=1S/C13H17FN2O3/c1-13(2,3)19-12(18)16-11-5-10(14)9(7-17)4-8(11)6-15/h4-5,7H,6,15H2,1-3H3,(H,16,18). The van der Waals surface area contributed by atoms with Gasteiger partial charge < -0.3 is 10.5 Å². The molecule has 0 saturated carbocycles. The van der Waals surface area contributed by atoms with Gasteiger partial charge in [-0.05, 0) is 38.5 Å². The van der Waals surface area contributed by atoms with Gasteiger partial charge in [0.05, 0.1) is 11.3 Å². The first-order chi connectivity index (χ1) is 8.76. The Labute approximate surface area is 110 Å². The molecular formula is C13H17FN2O3. The van der Waals surface area contributed by atoms with Gasteiger partial charge in [0.15, 0.2) is 6.29 Å². The zero-order chi connectivity index (χ0) is 14.6. The molecule has 0 aliphatic rings. The van der Waals surface area contributed by atoms with Crippen molar-refractivity contribution in [3.63, 3.8) is 0 Å². The molecule has 0 heterocycles. The number of carbonyl (C=O) groups is 2. The zero-order valence-corrected chi connectivity index (χ0v) is 11.1. The summed E-state index contributed by atoms with van der Waals surface area (Å²) in [6, 6.07) is 2.35. The van der Waals surface area contributed by atoms with Crippen LogP contribution in [0, 0.1) is 5.82 Å². The Bertz CT molecular complexity index is 495. The average Bonchev–Trinajstić information content (AvgIpc) is 2.26. The highest BCUT2D eigenvalue weighted by atomic mass is 19.1. The lowest BCUT2D eigenvalue weighted by Gasteiger charge is -2.20. The number of rotatable bonds is 3. The van der Waals surface area contributed by atoms with Crippen LogP contribution in [-0.2, 0) is 11.3 Å². The van der Waals surface area contributed by atoms with Crippen molar-refractivity contribution in [2.24, 2.45) is 5.73 Å². The lowest BCUT2D eigenvalue weighted by atomic mass is 10.1. The maximum atomic E-state index is 13.5. The molecule has 0 aliphatic carbocycles. The molecule has 0 bridgehead atoms. The minimum absolute atomic E-state index is 0.0618. The molecule has 0 saturated heterocycles. The highest BCUT2D eigenvalue weighted by Gasteiger charge is 2.18. The molecule has 0 aromatic heterocycles. The maximum Gasteiger partial charge on any atom is 0.412 e. The zero-order valence-electron chi connectivity index (χ0n) is 11.1. The highest BCUT2D eigenvalue weighted by Crippen LogP contribution is 2.20. The van der Waals surface area contributed by atoms with E-state index in [-0.39, 0.29) is 17.8 Å². The number of carbonyl (C=O) groups excluding carboxylic acids is 2. The van der Waals surface area contributed by atoms with Gasteiger partial charge in [-0.25, -0.2) is 9.18 Å². The van der Waals surface area contributed by atoms with E-state index in [4.69, 9.17) is 10.5 Å². The SMILES string of the molecule is CC(C)(C)OC(=O)Nc1cc(F)c(C=O)cc1CN. The number of hydrogen-bond acceptors (Lipinski definition) is 4. The molecule has 3 N–H and O–H groups in total. The molecule has 0 unspecified atom stereocenters. The van der Waals surface area contributed by atoms with Crippen molar-refractivity contribution >= 4 is 18.1 Å². The Kier molecular flexibility index (Phi) is 4.61. The van der Waals surface area contributed by atoms with Crippen LogP contribution in [0.4, 0.5) is 14.9 Å². The van der Waals surface area contributed by atoms with Gasteiger partial charge in [-0.1, -0.05) is 0 Å². The molecule has 0 atom stereocenters. The van der Waals surface area contributed by atoms with Crippen molar-refractivity contribution in [1.82, 2.24) is 0 Å². The Hall–Kier alpha value is -1.95. The van der Waals surface area contributed by atoms with E-state index in [2.05, 4.69) is 5.32 Å². The van der Waals surface area contributed by atoms with Gasteiger partial charge in [0.1, 0.15) is 11.4 Å². The average molecular weight is 268 g/mol. The quantitative estimate of drug-likeness (QED) is 0.825. The second-order valence-electron chi connectivity index (χ2n) is 4.98. The summed E-state index contributed by atoms with van der Waals surface area (Å²) in [7, 11) is 0. The summed E-state index contributed by atoms with van der Waals surface area (Å²) in [6.45, 7) is 5.21. The van der Waals surface area contributed by atoms with Crippen LogP contribution < -0.4 is 11.1 Å². The van der Waals surface area contributed by atoms with E-state index >= 15 is 0 Å². The summed E-state index contributed by atoms with van der Waals surface area (Å²) in [5.74, 6) is -0.724. The van der Waals surface area contributed by atoms with E-state index in [0.717, 1.165) is 6.07 Å². The van der Waals surface area contributed by atoms with Gasteiger partial charge in [0.2, 0.25) is 0 Å². The van der Waals surface area contributed by atoms with Crippen molar-refractivity contribution in [3.8, 4) is 0 Å². The van der Waals surface area contributed by atoms with Crippen LogP contribution in [-0.4, -0.2) is 18.0 Å². The number of nitrogens with two attached hydrogens (primary N) is 1. The Balaban J connectivity index is 2.98. The Morgan fingerprint density at radius 2 is 2.11 bits per heavy atom. The van der Waals surface area contributed by atoms with E-state index in [1.165, 1.54) is 6.07 Å². The third-order valence-electron chi connectivity index (χ3n) is 2.21. The van der Waals surface area contributed by atoms with Crippen LogP contribution in [0.5, 0.6) is 0 Å². The lowest BCUT2D eigenvalue weighted by molar-refractivity contribution is 0.0635. The summed E-state index contributed by atoms with van der Waals surface area (Å²) >= 11 is 0. The van der Waals surface area contributed by atoms with Crippen LogP contribution in [0.3, 0.4) is 0 Å². The summed E-state index contributed by atoms with van der Waals surface area (Å²) in [5, 5.41) is 2.41. The summed E-state index contributed by atoms with van der Waals surface area (Å²) in [5.41, 5.74) is 5.38. The fourth-order valence-corrected chi connectivity index (χ4v) is 1.43. The Morgan fingerprint density at radius 1 is 1.47 bits per heavy atom. The first kappa shape index (κ1) is 15.1. The molecular weight excluding hydrogens is 251 g/mol. The largest absolute Gasteiger partial charge is 0.444 e. The van der Waals surface area contributed by atoms with Crippen LogP contribution in [0.2, 0.25) is 0 Å². The first-order valence-electron chi connectivity index (χ1n) is 5.74. The van der Waals surface area contributed by atoms with Gasteiger partial charge in [-0.3, -0.25) is 10.1 Å². The summed E-state index contributed by atoms with van der Waals surface area (Å²) < 4.78 is 18.5. The minimum Gasteiger partial charge on any atom is -0.444 e. The molecule has 1 amide bonds. The van der Waals surface area contributed by atoms with Crippen LogP contribution >= 0.6 is 0 Å². The molecule has 5 nitrogen and oxygen atoms in total. The number of anilines is 1. The molecule has 0 fully saturated rings. The smallest absolute Gasteiger partial charge is 0.412 e. The lowest BCUT2D eigenvalue weighted by Crippen LogP contribution is -2.27. The van der Waals surface area contributed by atoms with Gasteiger partial charge in [0, 0.05) is 6.54 Å². The number of nitrogens with one attached hydrogen (secondary N) is 1. The number of aldehydes is 1. The fraction of sp³-hybridized carbons (Fsp3) is 0.385. The van der Waals surface area contributed by atoms with Crippen molar-refractivity contribution in [2.75, 3.05) is 5.32 Å². The third kappa shape index (κ3) is 4.33. The summed E-state index contributed by atoms with van der Waals surface area (Å²) in [4.78, 5) is 22.2. The molecule has 6 heteroatoms. The highest BCUT2D eigenvalue weighted by molar-refractivity contribution is 5.87. The van der Waals surface area contributed by atoms with Crippen LogP contribution in [0.15, 0.2) is 12.1 Å². The molecule has 0 radical (unpaired) electrons. The van der Waals surface area contributed by atoms with Gasteiger partial charge in [-0.15, -0.1) is 0 Å². The van der Waals surface area contributed by atoms with E-state index in [0.29, 0.717) is 11.8 Å². The summed E-state index contributed by atoms with van der Waals surface area (Å²) in [6.07, 6.45) is -0.313. The monoisotopic (exact) mass is 268 g/mol. The van der Waals surface area contributed by atoms with Crippen LogP contribution in [0.25, 0.3) is 0 Å². The number of amides is 1. The molecule has 1 aromatic rings. The predicted molar refractivity (Wildman–Crippen MR) is 69.5 cm³/mol. The minimum atomic E-state index is -0.724. The van der Waals surface area contributed by atoms with E-state index < -0.39 is 17.5 Å². The third-order valence-corrected chi connectivity index (χ3v) is 2.21. The molecule has 104 valence electrons. The normalized spacial score (nSPS) is 11.0. The predicted octanol–water partition coefficient (Wildman–Crippen LogP) is 2.44. The van der Waals surface area contributed by atoms with Crippen molar-refractivity contribution in [3.05, 3.63) is 29.1 Å². The van der Waals surface area contributed by atoms with Crippen molar-refractivity contribution < 1.29 is 18.7 Å². The molecule has 0 spiro atoms. The van der Waals surface area contributed by atoms with E-state index in [9.17, 15) is 14.0 Å². The van der Waals surface area contributed by atoms with E-state index in [1.54, 1.807) is 20.8 Å². The van der Waals surface area contributed by atoms with Crippen LogP contribution in [0.1, 0.15) is 36.7 Å². The van der Waals surface area contributed by atoms with E-state index in [1.807, 2.05) is 0 Å². The molecule has 1 rings (SSSR count). The Morgan fingerprint density at radius 3 is 2.58 bits per heavy atom. The number of hydrogen-bond donors (Lipinski definition) is 2. The molecule has 1 aromatic carbocycles. The second kappa shape index (κ2) is 5.79. The first-order valence-corrected chi connectivity index (χ1v) is 5.74. The van der Waals surface area contributed by atoms with Crippen molar-refractivity contribution in [1.29, 1.82) is 0 Å². The number of halogens is 1. The fourth-order valence-electron chi connectivity index (χ4n) is 1.43. The maximum absolute atomic E-state index is 13.5.